The van der Waals surface area contributed by atoms with Gasteiger partial charge in [0.25, 0.3) is 0 Å². The van der Waals surface area contributed by atoms with E-state index in [9.17, 15) is 0 Å². The molecule has 0 unspecified atom stereocenters. The highest BCUT2D eigenvalue weighted by molar-refractivity contribution is 5.57. The molecule has 0 spiro atoms. The van der Waals surface area contributed by atoms with Crippen molar-refractivity contribution in [2.24, 2.45) is 5.92 Å². The quantitative estimate of drug-likeness (QED) is 0.649. The minimum absolute atomic E-state index is 0.594. The van der Waals surface area contributed by atoms with Gasteiger partial charge in [0.05, 0.1) is 0 Å². The number of nitrogens with zero attached hydrogens (tertiary/aromatic N) is 2. The van der Waals surface area contributed by atoms with Gasteiger partial charge in [-0.3, -0.25) is 0 Å². The van der Waals surface area contributed by atoms with E-state index in [-0.39, 0.29) is 0 Å². The number of aromatic nitrogens is 2. The second kappa shape index (κ2) is 9.55. The lowest BCUT2D eigenvalue weighted by molar-refractivity contribution is 0.110. The van der Waals surface area contributed by atoms with E-state index < -0.39 is 0 Å². The van der Waals surface area contributed by atoms with Crippen molar-refractivity contribution >= 4 is 11.6 Å². The molecule has 0 amide bonds. The molecule has 0 fully saturated rings. The first-order valence-electron chi connectivity index (χ1n) is 8.01. The zero-order valence-electron chi connectivity index (χ0n) is 14.1. The molecule has 0 radical (unpaired) electrons. The smallest absolute Gasteiger partial charge is 0.134 e. The maximum absolute atomic E-state index is 5.59. The summed E-state index contributed by atoms with van der Waals surface area (Å²) < 4.78 is 5.59. The molecule has 0 aliphatic rings. The molecule has 1 aromatic rings. The summed E-state index contributed by atoms with van der Waals surface area (Å²) in [4.78, 5) is 9.11. The van der Waals surface area contributed by atoms with Crippen LogP contribution in [0.5, 0.6) is 0 Å². The van der Waals surface area contributed by atoms with Gasteiger partial charge >= 0.3 is 0 Å². The van der Waals surface area contributed by atoms with E-state index in [1.54, 1.807) is 0 Å². The predicted octanol–water partition coefficient (Wildman–Crippen LogP) is 3.25. The third-order valence-electron chi connectivity index (χ3n) is 3.06. The van der Waals surface area contributed by atoms with Gasteiger partial charge in [-0.15, -0.1) is 0 Å². The SMILES string of the molecule is CCNc1nc(CC)nc(NCCCOCC(C)C)c1C. The average Bonchev–Trinajstić information content (AvgIpc) is 2.46. The highest BCUT2D eigenvalue weighted by Crippen LogP contribution is 2.20. The van der Waals surface area contributed by atoms with Crippen LogP contribution in [0, 0.1) is 12.8 Å². The van der Waals surface area contributed by atoms with Gasteiger partial charge < -0.3 is 15.4 Å². The Hall–Kier alpha value is -1.36. The van der Waals surface area contributed by atoms with Gasteiger partial charge in [0, 0.05) is 38.3 Å². The van der Waals surface area contributed by atoms with Crippen LogP contribution in [0.15, 0.2) is 0 Å². The number of ether oxygens (including phenoxy) is 1. The Bertz CT molecular complexity index is 421. The van der Waals surface area contributed by atoms with E-state index in [2.05, 4.69) is 55.2 Å². The van der Waals surface area contributed by atoms with Gasteiger partial charge in [-0.25, -0.2) is 9.97 Å². The summed E-state index contributed by atoms with van der Waals surface area (Å²) in [5.74, 6) is 3.33. The van der Waals surface area contributed by atoms with Crippen molar-refractivity contribution in [3.63, 3.8) is 0 Å². The zero-order chi connectivity index (χ0) is 15.7. The van der Waals surface area contributed by atoms with Gasteiger partial charge in [-0.1, -0.05) is 20.8 Å². The fourth-order valence-corrected chi connectivity index (χ4v) is 1.93. The first-order chi connectivity index (χ1) is 10.1. The van der Waals surface area contributed by atoms with Crippen LogP contribution >= 0.6 is 0 Å². The standard InChI is InChI=1S/C16H30N4O/c1-6-14-19-15(17-7-2)13(5)16(20-14)18-9-8-10-21-11-12(3)4/h12H,6-11H2,1-5H3,(H2,17,18,19,20). The van der Waals surface area contributed by atoms with E-state index in [4.69, 9.17) is 4.74 Å². The second-order valence-electron chi connectivity index (χ2n) is 5.60. The predicted molar refractivity (Wildman–Crippen MR) is 89.1 cm³/mol. The first-order valence-corrected chi connectivity index (χ1v) is 8.01. The molecular formula is C16H30N4O. The molecule has 1 heterocycles. The fraction of sp³-hybridized carbons (Fsp3) is 0.750. The highest BCUT2D eigenvalue weighted by Gasteiger charge is 2.09. The zero-order valence-corrected chi connectivity index (χ0v) is 14.1. The molecule has 0 aromatic carbocycles. The summed E-state index contributed by atoms with van der Waals surface area (Å²) in [6.07, 6.45) is 1.82. The molecule has 5 heteroatoms. The topological polar surface area (TPSA) is 59.1 Å². The molecule has 0 atom stereocenters. The highest BCUT2D eigenvalue weighted by atomic mass is 16.5. The van der Waals surface area contributed by atoms with Crippen LogP contribution in [-0.2, 0) is 11.2 Å². The van der Waals surface area contributed by atoms with Crippen LogP contribution in [0.1, 0.15) is 45.5 Å². The Balaban J connectivity index is 2.51. The molecule has 0 saturated carbocycles. The van der Waals surface area contributed by atoms with Crippen LogP contribution in [0.2, 0.25) is 0 Å². The van der Waals surface area contributed by atoms with E-state index in [0.29, 0.717) is 5.92 Å². The average molecular weight is 294 g/mol. The molecular weight excluding hydrogens is 264 g/mol. The minimum Gasteiger partial charge on any atom is -0.381 e. The van der Waals surface area contributed by atoms with Crippen molar-refractivity contribution < 1.29 is 4.74 Å². The molecule has 120 valence electrons. The number of nitrogens with one attached hydrogen (secondary N) is 2. The maximum Gasteiger partial charge on any atom is 0.134 e. The third-order valence-corrected chi connectivity index (χ3v) is 3.06. The largest absolute Gasteiger partial charge is 0.381 e. The molecule has 0 aliphatic heterocycles. The van der Waals surface area contributed by atoms with E-state index in [1.165, 1.54) is 0 Å². The Labute approximate surface area is 128 Å². The van der Waals surface area contributed by atoms with Crippen LogP contribution in [0.4, 0.5) is 11.6 Å². The van der Waals surface area contributed by atoms with Crippen LogP contribution < -0.4 is 10.6 Å². The lowest BCUT2D eigenvalue weighted by atomic mass is 10.2. The summed E-state index contributed by atoms with van der Waals surface area (Å²) in [5, 5.41) is 6.70. The Kier molecular flexibility index (Phi) is 8.05. The molecule has 0 aliphatic carbocycles. The number of aryl methyl sites for hydroxylation is 1. The lowest BCUT2D eigenvalue weighted by Gasteiger charge is -2.14. The van der Waals surface area contributed by atoms with Crippen LogP contribution in [-0.4, -0.2) is 36.3 Å². The summed E-state index contributed by atoms with van der Waals surface area (Å²) in [7, 11) is 0. The van der Waals surface area contributed by atoms with Crippen molar-refractivity contribution in [2.75, 3.05) is 36.9 Å². The van der Waals surface area contributed by atoms with Crippen LogP contribution in [0.25, 0.3) is 0 Å². The monoisotopic (exact) mass is 294 g/mol. The van der Waals surface area contributed by atoms with Crippen molar-refractivity contribution in [3.8, 4) is 0 Å². The maximum atomic E-state index is 5.59. The number of hydrogen-bond acceptors (Lipinski definition) is 5. The van der Waals surface area contributed by atoms with Crippen LogP contribution in [0.3, 0.4) is 0 Å². The molecule has 2 N–H and O–H groups in total. The van der Waals surface area contributed by atoms with Crippen molar-refractivity contribution in [2.45, 2.75) is 47.5 Å². The molecule has 5 nitrogen and oxygen atoms in total. The minimum atomic E-state index is 0.594. The first kappa shape index (κ1) is 17.7. The van der Waals surface area contributed by atoms with Crippen molar-refractivity contribution in [1.29, 1.82) is 0 Å². The van der Waals surface area contributed by atoms with E-state index in [0.717, 1.165) is 62.2 Å². The molecule has 0 saturated heterocycles. The number of anilines is 2. The fourth-order valence-electron chi connectivity index (χ4n) is 1.93. The third kappa shape index (κ3) is 6.29. The summed E-state index contributed by atoms with van der Waals surface area (Å²) >= 11 is 0. The summed E-state index contributed by atoms with van der Waals surface area (Å²) in [6, 6.07) is 0. The van der Waals surface area contributed by atoms with Gasteiger partial charge in [0.1, 0.15) is 17.5 Å². The van der Waals surface area contributed by atoms with Gasteiger partial charge in [0.2, 0.25) is 0 Å². The van der Waals surface area contributed by atoms with Gasteiger partial charge in [-0.05, 0) is 26.2 Å². The second-order valence-corrected chi connectivity index (χ2v) is 5.60. The normalized spacial score (nSPS) is 11.0. The molecule has 0 bridgehead atoms. The Morgan fingerprint density at radius 2 is 1.76 bits per heavy atom. The summed E-state index contributed by atoms with van der Waals surface area (Å²) in [6.45, 7) is 13.9. The summed E-state index contributed by atoms with van der Waals surface area (Å²) in [5.41, 5.74) is 1.08. The lowest BCUT2D eigenvalue weighted by Crippen LogP contribution is -2.13. The van der Waals surface area contributed by atoms with Crippen molar-refractivity contribution in [3.05, 3.63) is 11.4 Å². The molecule has 1 aromatic heterocycles. The van der Waals surface area contributed by atoms with Gasteiger partial charge in [-0.2, -0.15) is 0 Å². The Morgan fingerprint density at radius 1 is 1.10 bits per heavy atom. The van der Waals surface area contributed by atoms with Gasteiger partial charge in [0.15, 0.2) is 0 Å². The molecule has 1 rings (SSSR count). The van der Waals surface area contributed by atoms with Crippen molar-refractivity contribution in [1.82, 2.24) is 9.97 Å². The van der Waals surface area contributed by atoms with E-state index in [1.807, 2.05) is 0 Å². The number of rotatable bonds is 10. The van der Waals surface area contributed by atoms with E-state index >= 15 is 0 Å². The Morgan fingerprint density at radius 3 is 2.33 bits per heavy atom. The molecule has 21 heavy (non-hydrogen) atoms. The number of hydrogen-bond donors (Lipinski definition) is 2.